The maximum atomic E-state index is 6.12. The molecule has 0 aliphatic heterocycles. The highest BCUT2D eigenvalue weighted by atomic mass is 79.9. The zero-order chi connectivity index (χ0) is 11.7. The van der Waals surface area contributed by atoms with Crippen LogP contribution in [0.4, 0.5) is 0 Å². The second kappa shape index (κ2) is 4.75. The molecule has 1 heterocycles. The van der Waals surface area contributed by atoms with Gasteiger partial charge in [0.15, 0.2) is 0 Å². The minimum Gasteiger partial charge on any atom is -0.325 e. The Hall–Kier alpha value is -0.550. The number of aromatic nitrogens is 2. The van der Waals surface area contributed by atoms with Crippen molar-refractivity contribution in [3.8, 4) is 5.69 Å². The third-order valence-corrected chi connectivity index (χ3v) is 3.10. The van der Waals surface area contributed by atoms with E-state index in [1.165, 1.54) is 0 Å². The maximum Gasteiger partial charge on any atom is 0.102 e. The van der Waals surface area contributed by atoms with Crippen molar-refractivity contribution in [2.45, 2.75) is 6.54 Å². The highest BCUT2D eigenvalue weighted by Crippen LogP contribution is 2.31. The number of nitrogens with two attached hydrogens (primary N) is 1. The SMILES string of the molecule is NCc1ccn(-c2c(Cl)cc(Br)cc2Cl)n1. The normalized spacial score (nSPS) is 10.8. The van der Waals surface area contributed by atoms with Gasteiger partial charge in [0.05, 0.1) is 15.7 Å². The number of benzene rings is 1. The van der Waals surface area contributed by atoms with Crippen LogP contribution in [0.1, 0.15) is 5.69 Å². The fourth-order valence-electron chi connectivity index (χ4n) is 1.35. The van der Waals surface area contributed by atoms with Crippen LogP contribution in [0.3, 0.4) is 0 Å². The Kier molecular flexibility index (Phi) is 3.54. The molecule has 2 rings (SSSR count). The first-order chi connectivity index (χ1) is 7.61. The van der Waals surface area contributed by atoms with Crippen LogP contribution in [0.15, 0.2) is 28.9 Å². The van der Waals surface area contributed by atoms with Gasteiger partial charge in [-0.1, -0.05) is 39.1 Å². The van der Waals surface area contributed by atoms with Gasteiger partial charge in [-0.3, -0.25) is 0 Å². The van der Waals surface area contributed by atoms with Crippen molar-refractivity contribution in [2.75, 3.05) is 0 Å². The van der Waals surface area contributed by atoms with E-state index in [9.17, 15) is 0 Å². The van der Waals surface area contributed by atoms with Crippen molar-refractivity contribution in [1.29, 1.82) is 0 Å². The van der Waals surface area contributed by atoms with E-state index < -0.39 is 0 Å². The van der Waals surface area contributed by atoms with Crippen molar-refractivity contribution in [3.05, 3.63) is 44.6 Å². The Balaban J connectivity index is 2.55. The topological polar surface area (TPSA) is 43.8 Å². The first kappa shape index (κ1) is 11.9. The molecule has 84 valence electrons. The lowest BCUT2D eigenvalue weighted by Crippen LogP contribution is -2.01. The Labute approximate surface area is 111 Å². The third kappa shape index (κ3) is 2.25. The zero-order valence-electron chi connectivity index (χ0n) is 8.12. The van der Waals surface area contributed by atoms with Gasteiger partial charge in [0.2, 0.25) is 0 Å². The van der Waals surface area contributed by atoms with Gasteiger partial charge in [0.1, 0.15) is 5.69 Å². The molecular weight excluding hydrogens is 313 g/mol. The van der Waals surface area contributed by atoms with E-state index in [-0.39, 0.29) is 0 Å². The van der Waals surface area contributed by atoms with Crippen LogP contribution in [0, 0.1) is 0 Å². The summed E-state index contributed by atoms with van der Waals surface area (Å²) < 4.78 is 2.46. The fourth-order valence-corrected chi connectivity index (χ4v) is 2.73. The first-order valence-electron chi connectivity index (χ1n) is 4.51. The summed E-state index contributed by atoms with van der Waals surface area (Å²) in [6, 6.07) is 5.37. The highest BCUT2D eigenvalue weighted by molar-refractivity contribution is 9.10. The van der Waals surface area contributed by atoms with E-state index in [0.29, 0.717) is 22.3 Å². The van der Waals surface area contributed by atoms with Gasteiger partial charge in [-0.15, -0.1) is 0 Å². The summed E-state index contributed by atoms with van der Waals surface area (Å²) in [4.78, 5) is 0. The largest absolute Gasteiger partial charge is 0.325 e. The number of halogens is 3. The second-order valence-corrected chi connectivity index (χ2v) is 4.90. The number of rotatable bonds is 2. The summed E-state index contributed by atoms with van der Waals surface area (Å²) in [7, 11) is 0. The first-order valence-corrected chi connectivity index (χ1v) is 6.06. The fraction of sp³-hybridized carbons (Fsp3) is 0.100. The molecule has 0 radical (unpaired) electrons. The van der Waals surface area contributed by atoms with Crippen molar-refractivity contribution < 1.29 is 0 Å². The van der Waals surface area contributed by atoms with Crippen molar-refractivity contribution in [2.24, 2.45) is 5.73 Å². The van der Waals surface area contributed by atoms with Crippen LogP contribution in [0.2, 0.25) is 10.0 Å². The summed E-state index contributed by atoms with van der Waals surface area (Å²) in [6.45, 7) is 0.388. The lowest BCUT2D eigenvalue weighted by Gasteiger charge is -2.07. The van der Waals surface area contributed by atoms with E-state index in [1.807, 2.05) is 6.07 Å². The van der Waals surface area contributed by atoms with Gasteiger partial charge in [0, 0.05) is 17.2 Å². The highest BCUT2D eigenvalue weighted by Gasteiger charge is 2.10. The predicted octanol–water partition coefficient (Wildman–Crippen LogP) is 3.40. The molecule has 0 unspecified atom stereocenters. The lowest BCUT2D eigenvalue weighted by molar-refractivity contribution is 0.834. The van der Waals surface area contributed by atoms with Gasteiger partial charge in [-0.2, -0.15) is 5.10 Å². The quantitative estimate of drug-likeness (QED) is 0.921. The molecule has 1 aromatic carbocycles. The Morgan fingerprint density at radius 1 is 1.31 bits per heavy atom. The smallest absolute Gasteiger partial charge is 0.102 e. The van der Waals surface area contributed by atoms with Gasteiger partial charge >= 0.3 is 0 Å². The molecule has 0 fully saturated rings. The Morgan fingerprint density at radius 2 is 1.94 bits per heavy atom. The number of hydrogen-bond donors (Lipinski definition) is 1. The lowest BCUT2D eigenvalue weighted by atomic mass is 10.3. The average molecular weight is 321 g/mol. The molecule has 16 heavy (non-hydrogen) atoms. The minimum absolute atomic E-state index is 0.388. The van der Waals surface area contributed by atoms with Crippen molar-refractivity contribution in [1.82, 2.24) is 9.78 Å². The van der Waals surface area contributed by atoms with E-state index in [0.717, 1.165) is 10.2 Å². The average Bonchev–Trinajstić information content (AvgIpc) is 2.64. The van der Waals surface area contributed by atoms with Gasteiger partial charge in [0.25, 0.3) is 0 Å². The second-order valence-electron chi connectivity index (χ2n) is 3.17. The number of hydrogen-bond acceptors (Lipinski definition) is 2. The summed E-state index contributed by atoms with van der Waals surface area (Å²) in [6.07, 6.45) is 1.78. The molecule has 1 aromatic heterocycles. The maximum absolute atomic E-state index is 6.12. The van der Waals surface area contributed by atoms with Crippen LogP contribution in [-0.2, 0) is 6.54 Å². The molecule has 0 atom stereocenters. The molecular formula is C10H8BrCl2N3. The molecule has 0 aliphatic carbocycles. The summed E-state index contributed by atoms with van der Waals surface area (Å²) >= 11 is 15.6. The monoisotopic (exact) mass is 319 g/mol. The van der Waals surface area contributed by atoms with Crippen LogP contribution in [0.5, 0.6) is 0 Å². The Morgan fingerprint density at radius 3 is 2.44 bits per heavy atom. The van der Waals surface area contributed by atoms with E-state index in [4.69, 9.17) is 28.9 Å². The zero-order valence-corrected chi connectivity index (χ0v) is 11.2. The molecule has 0 spiro atoms. The van der Waals surface area contributed by atoms with Gasteiger partial charge in [-0.05, 0) is 18.2 Å². The molecule has 0 saturated heterocycles. The van der Waals surface area contributed by atoms with Gasteiger partial charge in [-0.25, -0.2) is 4.68 Å². The molecule has 0 saturated carbocycles. The molecule has 0 bridgehead atoms. The molecule has 2 N–H and O–H groups in total. The van der Waals surface area contributed by atoms with Crippen molar-refractivity contribution >= 4 is 39.1 Å². The third-order valence-electron chi connectivity index (χ3n) is 2.06. The van der Waals surface area contributed by atoms with Crippen LogP contribution in [-0.4, -0.2) is 9.78 Å². The molecule has 0 amide bonds. The Bertz CT molecular complexity index is 502. The number of nitrogens with zero attached hydrogens (tertiary/aromatic N) is 2. The van der Waals surface area contributed by atoms with Gasteiger partial charge < -0.3 is 5.73 Å². The summed E-state index contributed by atoms with van der Waals surface area (Å²) in [5, 5.41) is 5.32. The van der Waals surface area contributed by atoms with Crippen LogP contribution >= 0.6 is 39.1 Å². The minimum atomic E-state index is 0.388. The summed E-state index contributed by atoms with van der Waals surface area (Å²) in [5.41, 5.74) is 6.94. The summed E-state index contributed by atoms with van der Waals surface area (Å²) in [5.74, 6) is 0. The van der Waals surface area contributed by atoms with Crippen molar-refractivity contribution in [3.63, 3.8) is 0 Å². The molecule has 2 aromatic rings. The predicted molar refractivity (Wildman–Crippen MR) is 69.2 cm³/mol. The van der Waals surface area contributed by atoms with E-state index in [1.54, 1.807) is 23.0 Å². The molecule has 6 heteroatoms. The molecule has 0 aliphatic rings. The van der Waals surface area contributed by atoms with Crippen LogP contribution in [0.25, 0.3) is 5.69 Å². The van der Waals surface area contributed by atoms with Crippen LogP contribution < -0.4 is 5.73 Å². The van der Waals surface area contributed by atoms with E-state index in [2.05, 4.69) is 21.0 Å². The van der Waals surface area contributed by atoms with E-state index >= 15 is 0 Å². The molecule has 3 nitrogen and oxygen atoms in total. The standard InChI is InChI=1S/C10H8BrCl2N3/c11-6-3-8(12)10(9(13)4-6)16-2-1-7(5-14)15-16/h1-4H,5,14H2.